The number of nitrogens with zero attached hydrogens (tertiary/aromatic N) is 2. The van der Waals surface area contributed by atoms with E-state index < -0.39 is 0 Å². The molecule has 0 aliphatic heterocycles. The van der Waals surface area contributed by atoms with Gasteiger partial charge in [-0.1, -0.05) is 29.8 Å². The summed E-state index contributed by atoms with van der Waals surface area (Å²) in [6, 6.07) is 7.70. The molecule has 1 aromatic heterocycles. The first-order valence-corrected chi connectivity index (χ1v) is 4.65. The summed E-state index contributed by atoms with van der Waals surface area (Å²) in [6.07, 6.45) is 3.40. The Balaban J connectivity index is 2.23. The number of anilines is 1. The fourth-order valence-electron chi connectivity index (χ4n) is 1.27. The molecule has 2 N–H and O–H groups in total. The lowest BCUT2D eigenvalue weighted by atomic mass is 10.2. The number of benzene rings is 1. The number of nitrogens with two attached hydrogens (primary N) is 1. The molecular weight excluding hydrogens is 198 g/mol. The van der Waals surface area contributed by atoms with Crippen LogP contribution in [-0.4, -0.2) is 9.78 Å². The van der Waals surface area contributed by atoms with Gasteiger partial charge in [0.1, 0.15) is 0 Å². The molecule has 1 aromatic carbocycles. The van der Waals surface area contributed by atoms with Crippen LogP contribution in [0.5, 0.6) is 0 Å². The molecule has 0 aliphatic rings. The monoisotopic (exact) mass is 207 g/mol. The molecule has 0 spiro atoms. The SMILES string of the molecule is Nc1cnn(Cc2ccccc2Cl)c1. The fourth-order valence-corrected chi connectivity index (χ4v) is 1.46. The third kappa shape index (κ3) is 1.88. The van der Waals surface area contributed by atoms with Crippen LogP contribution in [0.15, 0.2) is 36.7 Å². The number of hydrogen-bond acceptors (Lipinski definition) is 2. The highest BCUT2D eigenvalue weighted by Crippen LogP contribution is 2.16. The van der Waals surface area contributed by atoms with Gasteiger partial charge in [0.2, 0.25) is 0 Å². The van der Waals surface area contributed by atoms with Crippen LogP contribution in [0.4, 0.5) is 5.69 Å². The first-order chi connectivity index (χ1) is 6.75. The van der Waals surface area contributed by atoms with Gasteiger partial charge in [0.05, 0.1) is 18.4 Å². The Morgan fingerprint density at radius 1 is 1.36 bits per heavy atom. The summed E-state index contributed by atoms with van der Waals surface area (Å²) < 4.78 is 1.76. The number of nitrogen functional groups attached to an aromatic ring is 1. The van der Waals surface area contributed by atoms with Crippen LogP contribution in [0.3, 0.4) is 0 Å². The molecule has 3 nitrogen and oxygen atoms in total. The number of halogens is 1. The average Bonchev–Trinajstić information content (AvgIpc) is 2.56. The van der Waals surface area contributed by atoms with Crippen molar-refractivity contribution in [2.24, 2.45) is 0 Å². The topological polar surface area (TPSA) is 43.8 Å². The molecule has 0 atom stereocenters. The Kier molecular flexibility index (Phi) is 2.41. The van der Waals surface area contributed by atoms with Gasteiger partial charge < -0.3 is 5.73 Å². The van der Waals surface area contributed by atoms with E-state index in [4.69, 9.17) is 17.3 Å². The molecule has 72 valence electrons. The van der Waals surface area contributed by atoms with E-state index in [2.05, 4.69) is 5.10 Å². The number of aromatic nitrogens is 2. The second-order valence-electron chi connectivity index (χ2n) is 3.06. The van der Waals surface area contributed by atoms with Gasteiger partial charge in [-0.05, 0) is 11.6 Å². The van der Waals surface area contributed by atoms with Crippen molar-refractivity contribution in [2.75, 3.05) is 5.73 Å². The van der Waals surface area contributed by atoms with Gasteiger partial charge in [-0.3, -0.25) is 4.68 Å². The summed E-state index contributed by atoms with van der Waals surface area (Å²) in [5.41, 5.74) is 7.26. The Hall–Kier alpha value is -1.48. The molecule has 0 radical (unpaired) electrons. The van der Waals surface area contributed by atoms with Crippen LogP contribution in [0.1, 0.15) is 5.56 Å². The normalized spacial score (nSPS) is 10.4. The lowest BCUT2D eigenvalue weighted by Gasteiger charge is -2.03. The predicted octanol–water partition coefficient (Wildman–Crippen LogP) is 2.17. The van der Waals surface area contributed by atoms with E-state index >= 15 is 0 Å². The van der Waals surface area contributed by atoms with E-state index in [1.165, 1.54) is 0 Å². The summed E-state index contributed by atoms with van der Waals surface area (Å²) in [4.78, 5) is 0. The largest absolute Gasteiger partial charge is 0.396 e. The molecule has 1 heterocycles. The summed E-state index contributed by atoms with van der Waals surface area (Å²) >= 11 is 6.01. The third-order valence-electron chi connectivity index (χ3n) is 1.94. The van der Waals surface area contributed by atoms with Crippen LogP contribution in [0.25, 0.3) is 0 Å². The van der Waals surface area contributed by atoms with Crippen molar-refractivity contribution in [1.82, 2.24) is 9.78 Å². The van der Waals surface area contributed by atoms with Gasteiger partial charge in [-0.25, -0.2) is 0 Å². The quantitative estimate of drug-likeness (QED) is 0.820. The summed E-state index contributed by atoms with van der Waals surface area (Å²) in [7, 11) is 0. The molecular formula is C10H10ClN3. The van der Waals surface area contributed by atoms with Gasteiger partial charge in [-0.15, -0.1) is 0 Å². The van der Waals surface area contributed by atoms with E-state index in [9.17, 15) is 0 Å². The molecule has 2 rings (SSSR count). The lowest BCUT2D eigenvalue weighted by Crippen LogP contribution is -2.00. The van der Waals surface area contributed by atoms with Crippen molar-refractivity contribution in [3.8, 4) is 0 Å². The molecule has 0 saturated heterocycles. The molecule has 0 bridgehead atoms. The van der Waals surface area contributed by atoms with Crippen molar-refractivity contribution in [3.05, 3.63) is 47.2 Å². The second-order valence-corrected chi connectivity index (χ2v) is 3.47. The van der Waals surface area contributed by atoms with Gasteiger partial charge in [0, 0.05) is 11.2 Å². The molecule has 0 unspecified atom stereocenters. The minimum atomic E-state index is 0.650. The van der Waals surface area contributed by atoms with Crippen LogP contribution < -0.4 is 5.73 Å². The van der Waals surface area contributed by atoms with Crippen LogP contribution in [0, 0.1) is 0 Å². The van der Waals surface area contributed by atoms with Gasteiger partial charge in [0.15, 0.2) is 0 Å². The molecule has 4 heteroatoms. The Bertz CT molecular complexity index is 436. The zero-order valence-electron chi connectivity index (χ0n) is 7.52. The first-order valence-electron chi connectivity index (χ1n) is 4.27. The zero-order valence-corrected chi connectivity index (χ0v) is 8.28. The number of rotatable bonds is 2. The minimum absolute atomic E-state index is 0.650. The maximum atomic E-state index is 6.01. The highest BCUT2D eigenvalue weighted by Gasteiger charge is 2.00. The van der Waals surface area contributed by atoms with Crippen LogP contribution >= 0.6 is 11.6 Å². The van der Waals surface area contributed by atoms with Crippen molar-refractivity contribution >= 4 is 17.3 Å². The predicted molar refractivity (Wildman–Crippen MR) is 57.2 cm³/mol. The highest BCUT2D eigenvalue weighted by atomic mass is 35.5. The minimum Gasteiger partial charge on any atom is -0.396 e. The standard InChI is InChI=1S/C10H10ClN3/c11-10-4-2-1-3-8(10)6-14-7-9(12)5-13-14/h1-5,7H,6,12H2. The molecule has 14 heavy (non-hydrogen) atoms. The zero-order chi connectivity index (χ0) is 9.97. The summed E-state index contributed by atoms with van der Waals surface area (Å²) in [5, 5.41) is 4.84. The molecule has 0 fully saturated rings. The van der Waals surface area contributed by atoms with E-state index in [0.29, 0.717) is 12.2 Å². The molecule has 0 aliphatic carbocycles. The number of hydrogen-bond donors (Lipinski definition) is 1. The van der Waals surface area contributed by atoms with Crippen molar-refractivity contribution in [2.45, 2.75) is 6.54 Å². The molecule has 0 saturated carbocycles. The van der Waals surface area contributed by atoms with E-state index in [-0.39, 0.29) is 0 Å². The third-order valence-corrected chi connectivity index (χ3v) is 2.31. The smallest absolute Gasteiger partial charge is 0.0719 e. The van der Waals surface area contributed by atoms with Crippen molar-refractivity contribution in [3.63, 3.8) is 0 Å². The maximum Gasteiger partial charge on any atom is 0.0719 e. The van der Waals surface area contributed by atoms with Gasteiger partial charge in [0.25, 0.3) is 0 Å². The van der Waals surface area contributed by atoms with Crippen LogP contribution in [-0.2, 0) is 6.54 Å². The van der Waals surface area contributed by atoms with Crippen molar-refractivity contribution in [1.29, 1.82) is 0 Å². The summed E-state index contributed by atoms with van der Waals surface area (Å²) in [5.74, 6) is 0. The average molecular weight is 208 g/mol. The maximum absolute atomic E-state index is 6.01. The summed E-state index contributed by atoms with van der Waals surface area (Å²) in [6.45, 7) is 0.650. The van der Waals surface area contributed by atoms with Gasteiger partial charge >= 0.3 is 0 Å². The first kappa shape index (κ1) is 9.09. The Morgan fingerprint density at radius 2 is 2.14 bits per heavy atom. The van der Waals surface area contributed by atoms with E-state index in [0.717, 1.165) is 10.6 Å². The fraction of sp³-hybridized carbons (Fsp3) is 0.100. The van der Waals surface area contributed by atoms with E-state index in [1.54, 1.807) is 17.1 Å². The lowest BCUT2D eigenvalue weighted by molar-refractivity contribution is 0.687. The molecule has 0 amide bonds. The molecule has 2 aromatic rings. The Morgan fingerprint density at radius 3 is 2.79 bits per heavy atom. The van der Waals surface area contributed by atoms with E-state index in [1.807, 2.05) is 24.3 Å². The van der Waals surface area contributed by atoms with Crippen LogP contribution in [0.2, 0.25) is 5.02 Å². The second kappa shape index (κ2) is 3.72. The van der Waals surface area contributed by atoms with Gasteiger partial charge in [-0.2, -0.15) is 5.10 Å². The highest BCUT2D eigenvalue weighted by molar-refractivity contribution is 6.31. The van der Waals surface area contributed by atoms with Crippen molar-refractivity contribution < 1.29 is 0 Å². The Labute approximate surface area is 87.1 Å².